The molecule has 2 heterocycles. The van der Waals surface area contributed by atoms with Crippen molar-refractivity contribution in [1.82, 2.24) is 15.1 Å². The molecule has 1 amide bonds. The molecule has 0 radical (unpaired) electrons. The first kappa shape index (κ1) is 15.4. The van der Waals surface area contributed by atoms with Gasteiger partial charge >= 0.3 is 0 Å². The Kier molecular flexibility index (Phi) is 4.21. The van der Waals surface area contributed by atoms with Crippen molar-refractivity contribution >= 4 is 5.91 Å². The zero-order valence-electron chi connectivity index (χ0n) is 13.6. The number of furan rings is 1. The van der Waals surface area contributed by atoms with Gasteiger partial charge in [0, 0.05) is 23.9 Å². The number of carbonyl (C=O) groups is 1. The van der Waals surface area contributed by atoms with Crippen molar-refractivity contribution in [1.29, 1.82) is 0 Å². The van der Waals surface area contributed by atoms with Crippen molar-refractivity contribution < 1.29 is 9.21 Å². The summed E-state index contributed by atoms with van der Waals surface area (Å²) in [7, 11) is 1.89. The monoisotopic (exact) mass is 289 g/mol. The molecule has 2 rings (SSSR count). The van der Waals surface area contributed by atoms with E-state index in [1.165, 1.54) is 0 Å². The molecule has 0 unspecified atom stereocenters. The third-order valence-electron chi connectivity index (χ3n) is 3.92. The predicted octanol–water partition coefficient (Wildman–Crippen LogP) is 2.67. The number of amides is 1. The number of hydrogen-bond acceptors (Lipinski definition) is 3. The molecule has 114 valence electrons. The van der Waals surface area contributed by atoms with Gasteiger partial charge in [-0.05, 0) is 40.7 Å². The molecule has 21 heavy (non-hydrogen) atoms. The lowest BCUT2D eigenvalue weighted by atomic mass is 10.1. The van der Waals surface area contributed by atoms with Crippen LogP contribution in [0, 0.1) is 27.7 Å². The number of nitrogens with one attached hydrogen (secondary N) is 1. The summed E-state index contributed by atoms with van der Waals surface area (Å²) in [5.41, 5.74) is 3.97. The summed E-state index contributed by atoms with van der Waals surface area (Å²) in [6.45, 7) is 9.71. The van der Waals surface area contributed by atoms with Crippen molar-refractivity contribution in [3.63, 3.8) is 0 Å². The van der Waals surface area contributed by atoms with Gasteiger partial charge in [0.05, 0.1) is 18.2 Å². The maximum absolute atomic E-state index is 12.2. The van der Waals surface area contributed by atoms with E-state index in [2.05, 4.69) is 10.4 Å². The van der Waals surface area contributed by atoms with E-state index in [1.807, 2.05) is 52.4 Å². The summed E-state index contributed by atoms with van der Waals surface area (Å²) >= 11 is 0. The van der Waals surface area contributed by atoms with Crippen molar-refractivity contribution in [2.45, 2.75) is 47.1 Å². The fraction of sp³-hybridized carbons (Fsp3) is 0.500. The predicted molar refractivity (Wildman–Crippen MR) is 81.1 cm³/mol. The topological polar surface area (TPSA) is 60.1 Å². The maximum atomic E-state index is 12.2. The summed E-state index contributed by atoms with van der Waals surface area (Å²) in [4.78, 5) is 12.2. The molecule has 1 atom stereocenters. The van der Waals surface area contributed by atoms with E-state index in [0.29, 0.717) is 6.42 Å². The van der Waals surface area contributed by atoms with E-state index in [1.54, 1.807) is 0 Å². The van der Waals surface area contributed by atoms with Gasteiger partial charge in [-0.3, -0.25) is 9.48 Å². The summed E-state index contributed by atoms with van der Waals surface area (Å²) in [5.74, 6) is 1.72. The largest absolute Gasteiger partial charge is 0.466 e. The van der Waals surface area contributed by atoms with Crippen LogP contribution in [0.2, 0.25) is 0 Å². The van der Waals surface area contributed by atoms with Gasteiger partial charge in [-0.2, -0.15) is 5.10 Å². The second kappa shape index (κ2) is 5.76. The fourth-order valence-electron chi connectivity index (χ4n) is 2.68. The van der Waals surface area contributed by atoms with Crippen LogP contribution in [0.25, 0.3) is 0 Å². The van der Waals surface area contributed by atoms with Gasteiger partial charge in [0.1, 0.15) is 11.5 Å². The van der Waals surface area contributed by atoms with E-state index in [4.69, 9.17) is 4.42 Å². The molecule has 2 aromatic heterocycles. The van der Waals surface area contributed by atoms with Crippen LogP contribution in [-0.4, -0.2) is 15.7 Å². The Bertz CT molecular complexity index is 667. The zero-order chi connectivity index (χ0) is 15.7. The molecule has 0 saturated carbocycles. The van der Waals surface area contributed by atoms with Gasteiger partial charge in [-0.1, -0.05) is 0 Å². The van der Waals surface area contributed by atoms with Gasteiger partial charge in [-0.25, -0.2) is 0 Å². The van der Waals surface area contributed by atoms with Gasteiger partial charge in [0.25, 0.3) is 0 Å². The Morgan fingerprint density at radius 2 is 2.05 bits per heavy atom. The highest BCUT2D eigenvalue weighted by Crippen LogP contribution is 2.21. The van der Waals surface area contributed by atoms with Crippen LogP contribution in [-0.2, 0) is 18.3 Å². The Morgan fingerprint density at radius 3 is 2.52 bits per heavy atom. The number of nitrogens with zero attached hydrogens (tertiary/aromatic N) is 2. The highest BCUT2D eigenvalue weighted by molar-refractivity contribution is 5.79. The highest BCUT2D eigenvalue weighted by atomic mass is 16.3. The lowest BCUT2D eigenvalue weighted by molar-refractivity contribution is -0.121. The average molecular weight is 289 g/mol. The van der Waals surface area contributed by atoms with E-state index in [-0.39, 0.29) is 11.9 Å². The Labute approximate surface area is 125 Å². The normalized spacial score (nSPS) is 12.5. The molecule has 2 aromatic rings. The second-order valence-corrected chi connectivity index (χ2v) is 5.61. The molecule has 5 nitrogen and oxygen atoms in total. The van der Waals surface area contributed by atoms with E-state index >= 15 is 0 Å². The van der Waals surface area contributed by atoms with Gasteiger partial charge < -0.3 is 9.73 Å². The van der Waals surface area contributed by atoms with Crippen LogP contribution in [0.15, 0.2) is 10.5 Å². The molecular weight excluding hydrogens is 266 g/mol. The van der Waals surface area contributed by atoms with E-state index in [9.17, 15) is 4.79 Å². The molecule has 0 fully saturated rings. The number of carbonyl (C=O) groups excluding carboxylic acids is 1. The van der Waals surface area contributed by atoms with Crippen LogP contribution in [0.5, 0.6) is 0 Å². The van der Waals surface area contributed by atoms with Crippen LogP contribution in [0.1, 0.15) is 47.0 Å². The minimum Gasteiger partial charge on any atom is -0.466 e. The minimum atomic E-state index is -0.0627. The van der Waals surface area contributed by atoms with Crippen LogP contribution >= 0.6 is 0 Å². The first-order chi connectivity index (χ1) is 9.79. The highest BCUT2D eigenvalue weighted by Gasteiger charge is 2.18. The standard InChI is InChI=1S/C16H23N3O2/c1-9-7-15(13(5)21-9)10(2)17-16(20)8-14-11(3)18-19(6)12(14)4/h7,10H,8H2,1-6H3,(H,17,20)/t10-/m1/s1. The molecule has 0 bridgehead atoms. The van der Waals surface area contributed by atoms with Crippen molar-refractivity contribution in [3.05, 3.63) is 40.1 Å². The smallest absolute Gasteiger partial charge is 0.225 e. The first-order valence-electron chi connectivity index (χ1n) is 7.15. The maximum Gasteiger partial charge on any atom is 0.225 e. The molecule has 0 aliphatic carbocycles. The third-order valence-corrected chi connectivity index (χ3v) is 3.92. The summed E-state index contributed by atoms with van der Waals surface area (Å²) in [6, 6.07) is 1.91. The zero-order valence-corrected chi connectivity index (χ0v) is 13.6. The summed E-state index contributed by atoms with van der Waals surface area (Å²) in [6.07, 6.45) is 0.353. The van der Waals surface area contributed by atoms with Crippen molar-refractivity contribution in [2.75, 3.05) is 0 Å². The summed E-state index contributed by atoms with van der Waals surface area (Å²) in [5, 5.41) is 7.37. The van der Waals surface area contributed by atoms with Crippen molar-refractivity contribution in [2.24, 2.45) is 7.05 Å². The molecule has 0 saturated heterocycles. The van der Waals surface area contributed by atoms with E-state index < -0.39 is 0 Å². The van der Waals surface area contributed by atoms with Crippen LogP contribution in [0.3, 0.4) is 0 Å². The number of aromatic nitrogens is 2. The molecule has 0 aliphatic rings. The second-order valence-electron chi connectivity index (χ2n) is 5.61. The number of aryl methyl sites for hydroxylation is 4. The van der Waals surface area contributed by atoms with Gasteiger partial charge in [-0.15, -0.1) is 0 Å². The molecule has 0 spiro atoms. The van der Waals surface area contributed by atoms with Crippen molar-refractivity contribution in [3.8, 4) is 0 Å². The third kappa shape index (κ3) is 3.17. The molecule has 1 N–H and O–H groups in total. The fourth-order valence-corrected chi connectivity index (χ4v) is 2.68. The average Bonchev–Trinajstić information content (AvgIpc) is 2.83. The SMILES string of the molecule is Cc1cc([C@@H](C)NC(=O)Cc2c(C)nn(C)c2C)c(C)o1. The van der Waals surface area contributed by atoms with Crippen LogP contribution < -0.4 is 5.32 Å². The Morgan fingerprint density at radius 1 is 1.38 bits per heavy atom. The first-order valence-corrected chi connectivity index (χ1v) is 7.15. The lowest BCUT2D eigenvalue weighted by Gasteiger charge is -2.13. The number of hydrogen-bond donors (Lipinski definition) is 1. The number of rotatable bonds is 4. The molecule has 0 aliphatic heterocycles. The van der Waals surface area contributed by atoms with E-state index in [0.717, 1.165) is 34.0 Å². The van der Waals surface area contributed by atoms with Gasteiger partial charge in [0.15, 0.2) is 0 Å². The Balaban J connectivity index is 2.06. The molecule has 5 heteroatoms. The molecule has 0 aromatic carbocycles. The van der Waals surface area contributed by atoms with Crippen LogP contribution in [0.4, 0.5) is 0 Å². The Hall–Kier alpha value is -2.04. The minimum absolute atomic E-state index is 0.0000435. The summed E-state index contributed by atoms with van der Waals surface area (Å²) < 4.78 is 7.32. The quantitative estimate of drug-likeness (QED) is 0.941. The van der Waals surface area contributed by atoms with Gasteiger partial charge in [0.2, 0.25) is 5.91 Å². The molecular formula is C16H23N3O2. The lowest BCUT2D eigenvalue weighted by Crippen LogP contribution is -2.28.